The van der Waals surface area contributed by atoms with Gasteiger partial charge in [-0.1, -0.05) is 48.2 Å². The van der Waals surface area contributed by atoms with Crippen molar-refractivity contribution in [2.45, 2.75) is 10.4 Å². The van der Waals surface area contributed by atoms with Gasteiger partial charge in [-0.25, -0.2) is 8.78 Å². The highest BCUT2D eigenvalue weighted by Crippen LogP contribution is 2.40. The number of rotatable bonds is 4. The first-order valence-electron chi connectivity index (χ1n) is 9.53. The molecule has 0 bridgehead atoms. The highest BCUT2D eigenvalue weighted by atomic mass is 32.2. The first-order chi connectivity index (χ1) is 15.0. The summed E-state index contributed by atoms with van der Waals surface area (Å²) in [6.07, 6.45) is 0. The highest BCUT2D eigenvalue weighted by molar-refractivity contribution is 7.99. The molecule has 0 N–H and O–H groups in total. The van der Waals surface area contributed by atoms with Gasteiger partial charge in [-0.15, -0.1) is 10.2 Å². The van der Waals surface area contributed by atoms with E-state index in [1.165, 1.54) is 40.6 Å². The number of nitrogens with zero attached hydrogens (tertiary/aromatic N) is 4. The number of hydrogen-bond donors (Lipinski definition) is 0. The lowest BCUT2D eigenvalue weighted by Gasteiger charge is -2.17. The van der Waals surface area contributed by atoms with Crippen LogP contribution in [-0.2, 0) is 7.05 Å². The van der Waals surface area contributed by atoms with E-state index in [9.17, 15) is 13.6 Å². The number of aryl methyl sites for hydroxylation is 1. The van der Waals surface area contributed by atoms with Crippen LogP contribution in [0.25, 0.3) is 16.7 Å². The first kappa shape index (κ1) is 19.4. The number of fused-ring (bicyclic) bond motifs is 3. The van der Waals surface area contributed by atoms with Crippen molar-refractivity contribution >= 4 is 28.4 Å². The summed E-state index contributed by atoms with van der Waals surface area (Å²) in [5.74, 6) is -0.246. The molecule has 0 atom stereocenters. The van der Waals surface area contributed by atoms with Crippen molar-refractivity contribution in [2.24, 2.45) is 7.05 Å². The Hall–Kier alpha value is -3.52. The van der Waals surface area contributed by atoms with Crippen molar-refractivity contribution in [3.63, 3.8) is 0 Å². The Balaban J connectivity index is 1.70. The second kappa shape index (κ2) is 7.63. The number of benzene rings is 3. The summed E-state index contributed by atoms with van der Waals surface area (Å²) in [5, 5.41) is 9.41. The van der Waals surface area contributed by atoms with Crippen LogP contribution in [0.2, 0.25) is 0 Å². The normalized spacial score (nSPS) is 11.6. The smallest absolute Gasteiger partial charge is 0.262 e. The van der Waals surface area contributed by atoms with Crippen LogP contribution in [0.15, 0.2) is 82.7 Å². The zero-order chi connectivity index (χ0) is 21.5. The van der Waals surface area contributed by atoms with Gasteiger partial charge < -0.3 is 0 Å². The first-order valence-corrected chi connectivity index (χ1v) is 10.4. The molecule has 3 aromatic carbocycles. The van der Waals surface area contributed by atoms with Gasteiger partial charge in [0.05, 0.1) is 16.2 Å². The van der Waals surface area contributed by atoms with Gasteiger partial charge in [0.25, 0.3) is 5.56 Å². The molecule has 0 aliphatic rings. The van der Waals surface area contributed by atoms with Crippen LogP contribution in [0.4, 0.5) is 8.78 Å². The van der Waals surface area contributed by atoms with Crippen LogP contribution in [0, 0.1) is 11.6 Å². The maximum Gasteiger partial charge on any atom is 0.262 e. The number of thioether (sulfide) groups is 1. The summed E-state index contributed by atoms with van der Waals surface area (Å²) in [7, 11) is 1.66. The van der Waals surface area contributed by atoms with Crippen LogP contribution in [-0.4, -0.2) is 19.2 Å². The standard InChI is InChI=1S/C23H16F2N4OS/c1-28-21(30)18-4-2-3-5-19(18)29-22(28)26-27-23(29)31-20(14-6-10-16(24)11-7-14)15-8-12-17(25)13-9-15/h2-13,20H,1H3. The number of aromatic nitrogens is 4. The monoisotopic (exact) mass is 434 g/mol. The third-order valence-corrected chi connectivity index (χ3v) is 6.42. The highest BCUT2D eigenvalue weighted by Gasteiger charge is 2.22. The van der Waals surface area contributed by atoms with E-state index >= 15 is 0 Å². The number of para-hydroxylation sites is 1. The molecule has 0 fully saturated rings. The second-order valence-electron chi connectivity index (χ2n) is 7.10. The lowest BCUT2D eigenvalue weighted by atomic mass is 10.0. The average Bonchev–Trinajstić information content (AvgIpc) is 3.21. The van der Waals surface area contributed by atoms with Crippen molar-refractivity contribution in [3.8, 4) is 0 Å². The van der Waals surface area contributed by atoms with E-state index in [1.54, 1.807) is 37.4 Å². The van der Waals surface area contributed by atoms with E-state index in [2.05, 4.69) is 10.2 Å². The van der Waals surface area contributed by atoms with Crippen molar-refractivity contribution < 1.29 is 8.78 Å². The Labute approximate surface area is 180 Å². The maximum atomic E-state index is 13.5. The Bertz CT molecular complexity index is 1410. The molecular weight excluding hydrogens is 418 g/mol. The fourth-order valence-corrected chi connectivity index (χ4v) is 4.77. The van der Waals surface area contributed by atoms with Gasteiger partial charge in [-0.3, -0.25) is 13.8 Å². The predicted molar refractivity (Wildman–Crippen MR) is 116 cm³/mol. The summed E-state index contributed by atoms with van der Waals surface area (Å²) in [6, 6.07) is 19.7. The van der Waals surface area contributed by atoms with Crippen LogP contribution in [0.5, 0.6) is 0 Å². The molecule has 0 amide bonds. The molecule has 2 heterocycles. The molecule has 154 valence electrons. The van der Waals surface area contributed by atoms with Crippen molar-refractivity contribution in [1.82, 2.24) is 19.2 Å². The maximum absolute atomic E-state index is 13.5. The van der Waals surface area contributed by atoms with Crippen LogP contribution in [0.1, 0.15) is 16.4 Å². The van der Waals surface area contributed by atoms with E-state index in [1.807, 2.05) is 22.6 Å². The Morgan fingerprint density at radius 2 is 1.42 bits per heavy atom. The summed E-state index contributed by atoms with van der Waals surface area (Å²) in [5.41, 5.74) is 2.22. The molecular formula is C23H16F2N4OS. The molecule has 0 aliphatic carbocycles. The Morgan fingerprint density at radius 1 is 0.839 bits per heavy atom. The molecule has 0 saturated carbocycles. The predicted octanol–water partition coefficient (Wildman–Crippen LogP) is 4.74. The third kappa shape index (κ3) is 3.38. The van der Waals surface area contributed by atoms with Crippen molar-refractivity contribution in [1.29, 1.82) is 0 Å². The van der Waals surface area contributed by atoms with Gasteiger partial charge in [0, 0.05) is 7.05 Å². The molecule has 5 aromatic rings. The molecule has 5 nitrogen and oxygen atoms in total. The molecule has 0 unspecified atom stereocenters. The summed E-state index contributed by atoms with van der Waals surface area (Å²) >= 11 is 1.40. The van der Waals surface area contributed by atoms with Gasteiger partial charge in [0.1, 0.15) is 11.6 Å². The zero-order valence-electron chi connectivity index (χ0n) is 16.4. The largest absolute Gasteiger partial charge is 0.279 e. The minimum atomic E-state index is -0.333. The minimum absolute atomic E-state index is 0.152. The molecule has 2 aromatic heterocycles. The minimum Gasteiger partial charge on any atom is -0.279 e. The third-order valence-electron chi connectivity index (χ3n) is 5.17. The zero-order valence-corrected chi connectivity index (χ0v) is 17.2. The van der Waals surface area contributed by atoms with Gasteiger partial charge in [-0.05, 0) is 47.5 Å². The van der Waals surface area contributed by atoms with E-state index in [-0.39, 0.29) is 22.4 Å². The van der Waals surface area contributed by atoms with E-state index < -0.39 is 0 Å². The van der Waals surface area contributed by atoms with Gasteiger partial charge in [-0.2, -0.15) is 0 Å². The van der Waals surface area contributed by atoms with Gasteiger partial charge in [0.15, 0.2) is 5.16 Å². The summed E-state index contributed by atoms with van der Waals surface area (Å²) in [6.45, 7) is 0. The number of halogens is 2. The summed E-state index contributed by atoms with van der Waals surface area (Å²) < 4.78 is 30.4. The van der Waals surface area contributed by atoms with E-state index in [4.69, 9.17) is 0 Å². The van der Waals surface area contributed by atoms with Crippen molar-refractivity contribution in [2.75, 3.05) is 0 Å². The molecule has 0 spiro atoms. The Kier molecular flexibility index (Phi) is 4.78. The van der Waals surface area contributed by atoms with Gasteiger partial charge in [0.2, 0.25) is 5.78 Å². The molecule has 0 radical (unpaired) electrons. The lowest BCUT2D eigenvalue weighted by Crippen LogP contribution is -2.20. The van der Waals surface area contributed by atoms with Crippen LogP contribution >= 0.6 is 11.8 Å². The quantitative estimate of drug-likeness (QED) is 0.384. The van der Waals surface area contributed by atoms with Crippen LogP contribution in [0.3, 0.4) is 0 Å². The van der Waals surface area contributed by atoms with E-state index in [0.29, 0.717) is 21.8 Å². The average molecular weight is 434 g/mol. The molecule has 5 rings (SSSR count). The second-order valence-corrected chi connectivity index (χ2v) is 8.17. The fraction of sp³-hybridized carbons (Fsp3) is 0.0870. The SMILES string of the molecule is Cn1c(=O)c2ccccc2n2c(SC(c3ccc(F)cc3)c3ccc(F)cc3)nnc12. The van der Waals surface area contributed by atoms with Crippen LogP contribution < -0.4 is 5.56 Å². The number of hydrogen-bond acceptors (Lipinski definition) is 4. The van der Waals surface area contributed by atoms with Gasteiger partial charge >= 0.3 is 0 Å². The summed E-state index contributed by atoms with van der Waals surface area (Å²) in [4.78, 5) is 12.7. The fourth-order valence-electron chi connectivity index (χ4n) is 3.60. The molecule has 0 aliphatic heterocycles. The molecule has 31 heavy (non-hydrogen) atoms. The topological polar surface area (TPSA) is 52.2 Å². The van der Waals surface area contributed by atoms with Crippen molar-refractivity contribution in [3.05, 3.63) is 106 Å². The lowest BCUT2D eigenvalue weighted by molar-refractivity contribution is 0.626. The Morgan fingerprint density at radius 3 is 2.03 bits per heavy atom. The molecule has 0 saturated heterocycles. The molecule has 8 heteroatoms. The van der Waals surface area contributed by atoms with E-state index in [0.717, 1.165) is 11.1 Å².